The zero-order chi connectivity index (χ0) is 22.7. The van der Waals surface area contributed by atoms with Gasteiger partial charge in [-0.05, 0) is 32.8 Å². The first-order valence-corrected chi connectivity index (χ1v) is 9.83. The molecule has 2 unspecified atom stereocenters. The maximum absolute atomic E-state index is 13.3. The zero-order valence-electron chi connectivity index (χ0n) is 18.2. The summed E-state index contributed by atoms with van der Waals surface area (Å²) in [6, 6.07) is -1.08. The summed E-state index contributed by atoms with van der Waals surface area (Å²) in [5.74, 6) is -2.99. The van der Waals surface area contributed by atoms with E-state index in [4.69, 9.17) is 9.47 Å². The van der Waals surface area contributed by atoms with Crippen molar-refractivity contribution in [1.82, 2.24) is 4.90 Å². The van der Waals surface area contributed by atoms with E-state index in [0.29, 0.717) is 23.3 Å². The predicted octanol–water partition coefficient (Wildman–Crippen LogP) is 3.50. The Labute approximate surface area is 176 Å². The lowest BCUT2D eigenvalue weighted by molar-refractivity contribution is -0.144. The van der Waals surface area contributed by atoms with Crippen LogP contribution in [0.1, 0.15) is 66.0 Å². The lowest BCUT2D eigenvalue weighted by Gasteiger charge is -2.28. The van der Waals surface area contributed by atoms with Gasteiger partial charge >= 0.3 is 11.9 Å². The van der Waals surface area contributed by atoms with Crippen molar-refractivity contribution in [1.29, 1.82) is 0 Å². The molecule has 8 nitrogen and oxygen atoms in total. The average molecular weight is 419 g/mol. The summed E-state index contributed by atoms with van der Waals surface area (Å²) in [5.41, 5.74) is 1.55. The van der Waals surface area contributed by atoms with Crippen LogP contribution >= 0.6 is 0 Å². The summed E-state index contributed by atoms with van der Waals surface area (Å²) >= 11 is 0. The van der Waals surface area contributed by atoms with E-state index in [0.717, 1.165) is 5.57 Å². The number of aliphatic carboxylic acids is 1. The van der Waals surface area contributed by atoms with E-state index >= 15 is 0 Å². The van der Waals surface area contributed by atoms with Gasteiger partial charge in [-0.1, -0.05) is 25.8 Å². The van der Waals surface area contributed by atoms with E-state index in [1.165, 1.54) is 12.0 Å². The highest BCUT2D eigenvalue weighted by Gasteiger charge is 2.44. The van der Waals surface area contributed by atoms with Gasteiger partial charge in [-0.3, -0.25) is 4.79 Å². The van der Waals surface area contributed by atoms with Crippen LogP contribution in [0.2, 0.25) is 0 Å². The third-order valence-electron chi connectivity index (χ3n) is 5.45. The van der Waals surface area contributed by atoms with Crippen LogP contribution in [0.25, 0.3) is 0 Å². The van der Waals surface area contributed by atoms with Gasteiger partial charge < -0.3 is 24.6 Å². The Morgan fingerprint density at radius 1 is 1.23 bits per heavy atom. The van der Waals surface area contributed by atoms with Crippen LogP contribution in [0, 0.1) is 12.8 Å². The number of carboxylic acids is 2. The molecule has 1 amide bonds. The molecule has 1 heterocycles. The molecule has 0 saturated carbocycles. The number of hydrogen-bond acceptors (Lipinski definition) is 5. The second-order valence-electron chi connectivity index (χ2n) is 7.72. The van der Waals surface area contributed by atoms with Crippen molar-refractivity contribution in [2.24, 2.45) is 5.92 Å². The molecule has 164 valence electrons. The quantitative estimate of drug-likeness (QED) is 0.589. The molecule has 30 heavy (non-hydrogen) atoms. The molecule has 0 saturated heterocycles. The van der Waals surface area contributed by atoms with Crippen molar-refractivity contribution >= 4 is 17.8 Å². The predicted molar refractivity (Wildman–Crippen MR) is 110 cm³/mol. The third-order valence-corrected chi connectivity index (χ3v) is 5.45. The molecule has 8 heteroatoms. The number of fused-ring (bicyclic) bond motifs is 1. The molecule has 0 aliphatic carbocycles. The lowest BCUT2D eigenvalue weighted by atomic mass is 9.96. The number of hydrogen-bond donors (Lipinski definition) is 2. The summed E-state index contributed by atoms with van der Waals surface area (Å²) < 4.78 is 11.2. The Bertz CT molecular complexity index is 899. The van der Waals surface area contributed by atoms with Crippen molar-refractivity contribution in [3.8, 4) is 11.5 Å². The van der Waals surface area contributed by atoms with Gasteiger partial charge in [0.15, 0.2) is 0 Å². The molecule has 2 N–H and O–H groups in total. The first-order chi connectivity index (χ1) is 14.1. The Hall–Kier alpha value is -3.03. The van der Waals surface area contributed by atoms with E-state index < -0.39 is 23.9 Å². The largest absolute Gasteiger partial charge is 0.495 e. The highest BCUT2D eigenvalue weighted by atomic mass is 16.5. The molecular weight excluding hydrogens is 390 g/mol. The van der Waals surface area contributed by atoms with Crippen molar-refractivity contribution < 1.29 is 34.1 Å². The number of carbonyl (C=O) groups excluding carboxylic acids is 1. The topological polar surface area (TPSA) is 113 Å². The number of carbonyl (C=O) groups is 3. The average Bonchev–Trinajstić information content (AvgIpc) is 2.98. The van der Waals surface area contributed by atoms with Crippen LogP contribution in [-0.2, 0) is 11.3 Å². The van der Waals surface area contributed by atoms with E-state index in [-0.39, 0.29) is 35.9 Å². The molecule has 2 atom stereocenters. The summed E-state index contributed by atoms with van der Waals surface area (Å²) in [5, 5.41) is 19.6. The molecule has 1 aromatic rings. The molecule has 0 aromatic heterocycles. The van der Waals surface area contributed by atoms with E-state index in [2.05, 4.69) is 0 Å². The highest BCUT2D eigenvalue weighted by molar-refractivity contribution is 6.11. The number of allylic oxidation sites excluding steroid dienone is 1. The van der Waals surface area contributed by atoms with Crippen LogP contribution in [0.3, 0.4) is 0 Å². The zero-order valence-corrected chi connectivity index (χ0v) is 18.2. The number of methoxy groups -OCH3 is 1. The van der Waals surface area contributed by atoms with Gasteiger partial charge in [-0.2, -0.15) is 0 Å². The van der Waals surface area contributed by atoms with Crippen LogP contribution in [0.5, 0.6) is 11.5 Å². The Morgan fingerprint density at radius 2 is 1.87 bits per heavy atom. The maximum Gasteiger partial charge on any atom is 0.340 e. The number of benzene rings is 1. The Balaban J connectivity index is 2.71. The van der Waals surface area contributed by atoms with Crippen LogP contribution in [0.4, 0.5) is 0 Å². The number of ether oxygens (including phenoxy) is 2. The number of aromatic carboxylic acids is 1. The van der Waals surface area contributed by atoms with E-state index in [1.54, 1.807) is 13.8 Å². The molecule has 0 fully saturated rings. The standard InChI is InChI=1S/C22H29NO7/c1-7-12(4)17(22(27)28)23-10-14-15(20(23)24)16(21(25)26)19(29-6)13(5)18(14)30-9-8-11(2)3/h8,12,17H,7,9-10H2,1-6H3,(H,25,26)(H,27,28). The van der Waals surface area contributed by atoms with Crippen molar-refractivity contribution in [2.75, 3.05) is 13.7 Å². The van der Waals surface area contributed by atoms with Gasteiger partial charge in [0.2, 0.25) is 0 Å². The van der Waals surface area contributed by atoms with Gasteiger partial charge in [-0.15, -0.1) is 0 Å². The van der Waals surface area contributed by atoms with Crippen LogP contribution in [0.15, 0.2) is 11.6 Å². The molecule has 1 aromatic carbocycles. The van der Waals surface area contributed by atoms with E-state index in [1.807, 2.05) is 26.8 Å². The molecule has 1 aliphatic heterocycles. The molecule has 2 rings (SSSR count). The SMILES string of the molecule is CCC(C)C(C(=O)O)N1Cc2c(OCC=C(C)C)c(C)c(OC)c(C(=O)O)c2C1=O. The first kappa shape index (κ1) is 23.3. The van der Waals surface area contributed by atoms with Gasteiger partial charge in [0.05, 0.1) is 19.2 Å². The summed E-state index contributed by atoms with van der Waals surface area (Å²) in [4.78, 5) is 38.5. The Kier molecular flexibility index (Phi) is 7.12. The fraction of sp³-hybridized carbons (Fsp3) is 0.500. The van der Waals surface area contributed by atoms with Gasteiger partial charge in [0, 0.05) is 11.1 Å². The normalized spacial score (nSPS) is 14.7. The minimum absolute atomic E-state index is 0.0370. The number of carboxylic acid groups (broad SMARTS) is 2. The third kappa shape index (κ3) is 4.13. The van der Waals surface area contributed by atoms with Crippen LogP contribution in [-0.4, -0.2) is 52.7 Å². The van der Waals surface area contributed by atoms with Gasteiger partial charge in [-0.25, -0.2) is 9.59 Å². The summed E-state index contributed by atoms with van der Waals surface area (Å²) in [7, 11) is 1.33. The number of rotatable bonds is 9. The molecular formula is C22H29NO7. The second kappa shape index (κ2) is 9.19. The fourth-order valence-corrected chi connectivity index (χ4v) is 3.75. The van der Waals surface area contributed by atoms with Gasteiger partial charge in [0.25, 0.3) is 5.91 Å². The summed E-state index contributed by atoms with van der Waals surface area (Å²) in [6.07, 6.45) is 2.41. The molecule has 0 radical (unpaired) electrons. The van der Waals surface area contributed by atoms with Crippen LogP contribution < -0.4 is 9.47 Å². The molecule has 1 aliphatic rings. The van der Waals surface area contributed by atoms with Crippen molar-refractivity contribution in [2.45, 2.75) is 53.6 Å². The van der Waals surface area contributed by atoms with Crippen molar-refractivity contribution in [3.63, 3.8) is 0 Å². The first-order valence-electron chi connectivity index (χ1n) is 9.83. The number of nitrogens with zero attached hydrogens (tertiary/aromatic N) is 1. The molecule has 0 bridgehead atoms. The van der Waals surface area contributed by atoms with E-state index in [9.17, 15) is 24.6 Å². The highest BCUT2D eigenvalue weighted by Crippen LogP contribution is 2.44. The summed E-state index contributed by atoms with van der Waals surface area (Å²) in [6.45, 7) is 9.30. The Morgan fingerprint density at radius 3 is 2.33 bits per heavy atom. The number of amides is 1. The minimum Gasteiger partial charge on any atom is -0.495 e. The van der Waals surface area contributed by atoms with Gasteiger partial charge in [0.1, 0.15) is 29.7 Å². The minimum atomic E-state index is -1.31. The maximum atomic E-state index is 13.3. The smallest absolute Gasteiger partial charge is 0.340 e. The lowest BCUT2D eigenvalue weighted by Crippen LogP contribution is -2.45. The second-order valence-corrected chi connectivity index (χ2v) is 7.72. The monoisotopic (exact) mass is 419 g/mol. The fourth-order valence-electron chi connectivity index (χ4n) is 3.75. The van der Waals surface area contributed by atoms with Crippen molar-refractivity contribution in [3.05, 3.63) is 33.9 Å². The molecule has 0 spiro atoms.